The zero-order valence-electron chi connectivity index (χ0n) is 13.2. The van der Waals surface area contributed by atoms with Crippen LogP contribution in [0.2, 0.25) is 5.02 Å². The number of aromatic nitrogens is 3. The maximum Gasteiger partial charge on any atom is 0.187 e. The van der Waals surface area contributed by atoms with Gasteiger partial charge in [0, 0.05) is 35.6 Å². The number of rotatable bonds is 1. The van der Waals surface area contributed by atoms with Crippen LogP contribution in [0.4, 0.5) is 0 Å². The van der Waals surface area contributed by atoms with Crippen molar-refractivity contribution in [2.45, 2.75) is 6.92 Å². The minimum absolute atomic E-state index is 0.331. The molecule has 0 aliphatic heterocycles. The molecule has 4 nitrogen and oxygen atoms in total. The van der Waals surface area contributed by atoms with E-state index in [1.807, 2.05) is 48.9 Å². The van der Waals surface area contributed by atoms with Crippen LogP contribution in [-0.4, -0.2) is 14.5 Å². The van der Waals surface area contributed by atoms with E-state index in [-0.39, 0.29) is 0 Å². The number of pyridine rings is 1. The molecule has 0 radical (unpaired) electrons. The first-order chi connectivity index (χ1) is 11.6. The second-order valence-corrected chi connectivity index (χ2v) is 5.61. The number of hydrogen-bond donors (Lipinski definition) is 0. The van der Waals surface area contributed by atoms with E-state index in [9.17, 15) is 5.26 Å². The lowest BCUT2D eigenvalue weighted by Gasteiger charge is -2.03. The van der Waals surface area contributed by atoms with Gasteiger partial charge in [-0.25, -0.2) is 4.98 Å². The molecule has 2 heterocycles. The predicted octanol–water partition coefficient (Wildman–Crippen LogP) is 3.72. The van der Waals surface area contributed by atoms with Gasteiger partial charge >= 0.3 is 0 Å². The summed E-state index contributed by atoms with van der Waals surface area (Å²) in [5.74, 6) is 6.64. The molecule has 0 aliphatic carbocycles. The summed E-state index contributed by atoms with van der Waals surface area (Å²) >= 11 is 6.12. The largest absolute Gasteiger partial charge is 0.319 e. The molecule has 5 heteroatoms. The van der Waals surface area contributed by atoms with E-state index in [1.165, 1.54) is 0 Å². The normalized spacial score (nSPS) is 9.92. The van der Waals surface area contributed by atoms with E-state index < -0.39 is 0 Å². The highest BCUT2D eigenvalue weighted by Crippen LogP contribution is 2.23. The van der Waals surface area contributed by atoms with Crippen molar-refractivity contribution in [1.82, 2.24) is 14.5 Å². The van der Waals surface area contributed by atoms with E-state index in [4.69, 9.17) is 11.6 Å². The quantitative estimate of drug-likeness (QED) is 0.638. The second kappa shape index (κ2) is 6.58. The number of halogens is 1. The standard InChI is InChI=1S/C19H13ClN4/c1-13-14(5-3-7-16(13)20)8-9-18-23-17(11-21)19(24(18)2)15-6-4-10-22-12-15/h3-7,10,12H,1-2H3. The summed E-state index contributed by atoms with van der Waals surface area (Å²) < 4.78 is 1.81. The SMILES string of the molecule is Cc1c(Cl)cccc1C#Cc1nc(C#N)c(-c2cccnc2)n1C. The van der Waals surface area contributed by atoms with Crippen LogP contribution in [0.25, 0.3) is 11.3 Å². The van der Waals surface area contributed by atoms with Crippen molar-refractivity contribution in [3.8, 4) is 29.2 Å². The molecule has 0 fully saturated rings. The first-order valence-electron chi connectivity index (χ1n) is 7.26. The zero-order chi connectivity index (χ0) is 17.1. The smallest absolute Gasteiger partial charge is 0.187 e. The summed E-state index contributed by atoms with van der Waals surface area (Å²) in [5.41, 5.74) is 3.63. The molecule has 0 aliphatic rings. The van der Waals surface area contributed by atoms with Crippen LogP contribution >= 0.6 is 11.6 Å². The number of nitrogens with zero attached hydrogens (tertiary/aromatic N) is 4. The Balaban J connectivity index is 2.09. The minimum Gasteiger partial charge on any atom is -0.319 e. The molecule has 0 amide bonds. The highest BCUT2D eigenvalue weighted by molar-refractivity contribution is 6.31. The Morgan fingerprint density at radius 3 is 2.71 bits per heavy atom. The average Bonchev–Trinajstić information content (AvgIpc) is 2.93. The molecule has 0 saturated carbocycles. The monoisotopic (exact) mass is 332 g/mol. The molecule has 24 heavy (non-hydrogen) atoms. The van der Waals surface area contributed by atoms with E-state index in [1.54, 1.807) is 12.4 Å². The Hall–Kier alpha value is -3.08. The van der Waals surface area contributed by atoms with Crippen molar-refractivity contribution in [3.63, 3.8) is 0 Å². The van der Waals surface area contributed by atoms with Crippen LogP contribution in [0.3, 0.4) is 0 Å². The molecule has 3 rings (SSSR count). The van der Waals surface area contributed by atoms with Gasteiger partial charge in [0.25, 0.3) is 0 Å². The second-order valence-electron chi connectivity index (χ2n) is 5.21. The predicted molar refractivity (Wildman–Crippen MR) is 93.3 cm³/mol. The molecular formula is C19H13ClN4. The molecule has 0 atom stereocenters. The summed E-state index contributed by atoms with van der Waals surface area (Å²) in [6.07, 6.45) is 3.39. The number of imidazole rings is 1. The molecule has 3 aromatic rings. The van der Waals surface area contributed by atoms with Gasteiger partial charge in [-0.05, 0) is 42.7 Å². The Morgan fingerprint density at radius 1 is 1.17 bits per heavy atom. The lowest BCUT2D eigenvalue weighted by molar-refractivity contribution is 0.900. The van der Waals surface area contributed by atoms with E-state index >= 15 is 0 Å². The van der Waals surface area contributed by atoms with Gasteiger partial charge in [0.1, 0.15) is 6.07 Å². The molecule has 0 unspecified atom stereocenters. The topological polar surface area (TPSA) is 54.5 Å². The lowest BCUT2D eigenvalue weighted by Crippen LogP contribution is -1.96. The highest BCUT2D eigenvalue weighted by atomic mass is 35.5. The molecular weight excluding hydrogens is 320 g/mol. The number of nitriles is 1. The molecule has 0 spiro atoms. The fourth-order valence-corrected chi connectivity index (χ4v) is 2.56. The van der Waals surface area contributed by atoms with Gasteiger partial charge in [-0.15, -0.1) is 0 Å². The summed E-state index contributed by atoms with van der Waals surface area (Å²) in [7, 11) is 1.84. The Bertz CT molecular complexity index is 1000. The van der Waals surface area contributed by atoms with Crippen LogP contribution in [0.1, 0.15) is 22.6 Å². The lowest BCUT2D eigenvalue weighted by atomic mass is 10.1. The fraction of sp³-hybridized carbons (Fsp3) is 0.105. The van der Waals surface area contributed by atoms with Crippen molar-refractivity contribution >= 4 is 11.6 Å². The van der Waals surface area contributed by atoms with E-state index in [2.05, 4.69) is 27.9 Å². The maximum absolute atomic E-state index is 9.37. The van der Waals surface area contributed by atoms with Crippen molar-refractivity contribution in [2.24, 2.45) is 7.05 Å². The van der Waals surface area contributed by atoms with Crippen molar-refractivity contribution < 1.29 is 0 Å². The number of hydrogen-bond acceptors (Lipinski definition) is 3. The minimum atomic E-state index is 0.331. The van der Waals surface area contributed by atoms with Crippen molar-refractivity contribution in [3.05, 3.63) is 70.4 Å². The van der Waals surface area contributed by atoms with Crippen molar-refractivity contribution in [1.29, 1.82) is 5.26 Å². The Labute approximate surface area is 145 Å². The molecule has 2 aromatic heterocycles. The molecule has 116 valence electrons. The summed E-state index contributed by atoms with van der Waals surface area (Å²) in [4.78, 5) is 8.44. The fourth-order valence-electron chi connectivity index (χ4n) is 2.39. The summed E-state index contributed by atoms with van der Waals surface area (Å²) in [5, 5.41) is 10.0. The third-order valence-corrected chi connectivity index (χ3v) is 4.12. The molecule has 1 aromatic carbocycles. The van der Waals surface area contributed by atoms with Gasteiger partial charge in [-0.1, -0.05) is 23.6 Å². The highest BCUT2D eigenvalue weighted by Gasteiger charge is 2.15. The zero-order valence-corrected chi connectivity index (χ0v) is 14.0. The third kappa shape index (κ3) is 2.88. The van der Waals surface area contributed by atoms with E-state index in [0.29, 0.717) is 22.2 Å². The van der Waals surface area contributed by atoms with Crippen LogP contribution in [0, 0.1) is 30.1 Å². The molecule has 0 saturated heterocycles. The van der Waals surface area contributed by atoms with Gasteiger partial charge in [0.15, 0.2) is 11.5 Å². The van der Waals surface area contributed by atoms with Gasteiger partial charge in [-0.2, -0.15) is 5.26 Å². The number of benzene rings is 1. The van der Waals surface area contributed by atoms with Gasteiger partial charge < -0.3 is 4.57 Å². The summed E-state index contributed by atoms with van der Waals surface area (Å²) in [6.45, 7) is 1.92. The summed E-state index contributed by atoms with van der Waals surface area (Å²) in [6, 6.07) is 11.4. The molecule has 0 bridgehead atoms. The average molecular weight is 333 g/mol. The Kier molecular flexibility index (Phi) is 4.33. The van der Waals surface area contributed by atoms with Gasteiger partial charge in [-0.3, -0.25) is 4.98 Å². The molecule has 0 N–H and O–H groups in total. The van der Waals surface area contributed by atoms with Gasteiger partial charge in [0.2, 0.25) is 0 Å². The van der Waals surface area contributed by atoms with Crippen LogP contribution in [0.15, 0.2) is 42.7 Å². The maximum atomic E-state index is 9.37. The van der Waals surface area contributed by atoms with E-state index in [0.717, 1.165) is 16.7 Å². The first kappa shape index (κ1) is 15.8. The van der Waals surface area contributed by atoms with Crippen LogP contribution in [-0.2, 0) is 7.05 Å². The van der Waals surface area contributed by atoms with Crippen molar-refractivity contribution in [2.75, 3.05) is 0 Å². The van der Waals surface area contributed by atoms with Gasteiger partial charge in [0.05, 0.1) is 5.69 Å². The Morgan fingerprint density at radius 2 is 2.00 bits per heavy atom. The van der Waals surface area contributed by atoms with Crippen LogP contribution in [0.5, 0.6) is 0 Å². The van der Waals surface area contributed by atoms with Crippen LogP contribution < -0.4 is 0 Å². The third-order valence-electron chi connectivity index (χ3n) is 3.71. The first-order valence-corrected chi connectivity index (χ1v) is 7.64.